The molecule has 2 rings (SSSR count). The van der Waals surface area contributed by atoms with Gasteiger partial charge in [-0.25, -0.2) is 9.50 Å². The number of aryl methyl sites for hydroxylation is 2. The number of fused-ring (bicyclic) bond motifs is 1. The molecule has 2 heterocycles. The lowest BCUT2D eigenvalue weighted by Crippen LogP contribution is -2.31. The van der Waals surface area contributed by atoms with E-state index in [-0.39, 0.29) is 5.91 Å². The maximum absolute atomic E-state index is 12.0. The summed E-state index contributed by atoms with van der Waals surface area (Å²) in [6.07, 6.45) is 0. The number of nitrogens with zero attached hydrogens (tertiary/aromatic N) is 5. The van der Waals surface area contributed by atoms with E-state index in [1.807, 2.05) is 34.6 Å². The van der Waals surface area contributed by atoms with Crippen LogP contribution in [0.25, 0.3) is 5.78 Å². The monoisotopic (exact) mass is 307 g/mol. The van der Waals surface area contributed by atoms with Crippen LogP contribution in [0.3, 0.4) is 0 Å². The molecule has 114 valence electrons. The topological polar surface area (TPSA) is 63.4 Å². The molecule has 0 saturated carbocycles. The van der Waals surface area contributed by atoms with Crippen molar-refractivity contribution in [1.82, 2.24) is 24.5 Å². The highest BCUT2D eigenvalue weighted by molar-refractivity contribution is 7.99. The Balaban J connectivity index is 2.17. The molecule has 2 aromatic heterocycles. The van der Waals surface area contributed by atoms with Gasteiger partial charge in [-0.15, -0.1) is 5.10 Å². The standard InChI is InChI=1S/C14H21N5OS/c1-6-18(7-2)12(20)8-21-14-16-13-15-10(4)9(3)11(5)19(13)17-14/h6-8H2,1-5H3. The Morgan fingerprint density at radius 2 is 1.86 bits per heavy atom. The third-order valence-corrected chi connectivity index (χ3v) is 4.50. The lowest BCUT2D eigenvalue weighted by atomic mass is 10.2. The summed E-state index contributed by atoms with van der Waals surface area (Å²) in [5, 5.41) is 5.03. The SMILES string of the molecule is CCN(CC)C(=O)CSc1nc2nc(C)c(C)c(C)n2n1. The summed E-state index contributed by atoms with van der Waals surface area (Å²) in [5.74, 6) is 1.06. The second kappa shape index (κ2) is 6.43. The fourth-order valence-electron chi connectivity index (χ4n) is 2.09. The van der Waals surface area contributed by atoms with Crippen molar-refractivity contribution in [2.24, 2.45) is 0 Å². The van der Waals surface area contributed by atoms with Gasteiger partial charge in [-0.1, -0.05) is 11.8 Å². The first kappa shape index (κ1) is 15.8. The number of hydrogen-bond donors (Lipinski definition) is 0. The quantitative estimate of drug-likeness (QED) is 0.791. The summed E-state index contributed by atoms with van der Waals surface area (Å²) >= 11 is 1.36. The smallest absolute Gasteiger partial charge is 0.253 e. The third-order valence-electron chi connectivity index (χ3n) is 3.68. The van der Waals surface area contributed by atoms with E-state index in [9.17, 15) is 4.79 Å². The van der Waals surface area contributed by atoms with Crippen molar-refractivity contribution in [1.29, 1.82) is 0 Å². The fourth-order valence-corrected chi connectivity index (χ4v) is 2.81. The molecule has 0 aliphatic carbocycles. The van der Waals surface area contributed by atoms with Gasteiger partial charge >= 0.3 is 0 Å². The lowest BCUT2D eigenvalue weighted by molar-refractivity contribution is -0.127. The second-order valence-corrected chi connectivity index (χ2v) is 5.81. The van der Waals surface area contributed by atoms with E-state index < -0.39 is 0 Å². The number of carbonyl (C=O) groups is 1. The van der Waals surface area contributed by atoms with E-state index in [0.29, 0.717) is 16.7 Å². The average Bonchev–Trinajstić information content (AvgIpc) is 2.87. The van der Waals surface area contributed by atoms with Crippen LogP contribution < -0.4 is 0 Å². The molecule has 0 aliphatic heterocycles. The molecule has 6 nitrogen and oxygen atoms in total. The Morgan fingerprint density at radius 1 is 1.19 bits per heavy atom. The molecule has 0 spiro atoms. The molecule has 0 unspecified atom stereocenters. The molecule has 21 heavy (non-hydrogen) atoms. The summed E-state index contributed by atoms with van der Waals surface area (Å²) in [6, 6.07) is 0. The van der Waals surface area contributed by atoms with Crippen LogP contribution in [0.4, 0.5) is 0 Å². The van der Waals surface area contributed by atoms with Crippen LogP contribution in [-0.2, 0) is 4.79 Å². The van der Waals surface area contributed by atoms with Gasteiger partial charge in [0.25, 0.3) is 5.78 Å². The van der Waals surface area contributed by atoms with Gasteiger partial charge in [-0.3, -0.25) is 4.79 Å². The van der Waals surface area contributed by atoms with Crippen LogP contribution in [0, 0.1) is 20.8 Å². The summed E-state index contributed by atoms with van der Waals surface area (Å²) in [4.78, 5) is 22.6. The largest absolute Gasteiger partial charge is 0.343 e. The number of rotatable bonds is 5. The summed E-state index contributed by atoms with van der Waals surface area (Å²) < 4.78 is 1.74. The van der Waals surface area contributed by atoms with Gasteiger partial charge in [0.1, 0.15) is 0 Å². The van der Waals surface area contributed by atoms with Gasteiger partial charge < -0.3 is 4.90 Å². The Bertz CT molecular complexity index is 663. The average molecular weight is 307 g/mol. The van der Waals surface area contributed by atoms with Gasteiger partial charge in [-0.05, 0) is 40.2 Å². The fraction of sp³-hybridized carbons (Fsp3) is 0.571. The van der Waals surface area contributed by atoms with Crippen LogP contribution in [0.5, 0.6) is 0 Å². The van der Waals surface area contributed by atoms with Crippen LogP contribution in [0.2, 0.25) is 0 Å². The molecule has 0 aromatic carbocycles. The van der Waals surface area contributed by atoms with Gasteiger partial charge in [0, 0.05) is 24.5 Å². The molecular weight excluding hydrogens is 286 g/mol. The highest BCUT2D eigenvalue weighted by Crippen LogP contribution is 2.17. The van der Waals surface area contributed by atoms with E-state index >= 15 is 0 Å². The minimum Gasteiger partial charge on any atom is -0.343 e. The minimum absolute atomic E-state index is 0.112. The number of thioether (sulfide) groups is 1. The Kier molecular flexibility index (Phi) is 4.82. The van der Waals surface area contributed by atoms with Crippen LogP contribution >= 0.6 is 11.8 Å². The van der Waals surface area contributed by atoms with Crippen LogP contribution in [0.1, 0.15) is 30.8 Å². The molecule has 0 bridgehead atoms. The zero-order chi connectivity index (χ0) is 15.6. The molecule has 0 radical (unpaired) electrons. The third kappa shape index (κ3) is 3.18. The Morgan fingerprint density at radius 3 is 2.48 bits per heavy atom. The van der Waals surface area contributed by atoms with Crippen molar-refractivity contribution in [2.45, 2.75) is 39.8 Å². The van der Waals surface area contributed by atoms with Gasteiger partial charge in [0.2, 0.25) is 11.1 Å². The zero-order valence-corrected chi connectivity index (χ0v) is 14.0. The molecule has 7 heteroatoms. The molecule has 0 fully saturated rings. The first-order chi connectivity index (χ1) is 9.97. The predicted octanol–water partition coefficient (Wildman–Crippen LogP) is 2.01. The first-order valence-electron chi connectivity index (χ1n) is 7.09. The number of aromatic nitrogens is 4. The van der Waals surface area contributed by atoms with Crippen LogP contribution in [-0.4, -0.2) is 49.2 Å². The van der Waals surface area contributed by atoms with Crippen molar-refractivity contribution < 1.29 is 4.79 Å². The Labute approximate surface area is 129 Å². The highest BCUT2D eigenvalue weighted by atomic mass is 32.2. The molecule has 0 atom stereocenters. The van der Waals surface area contributed by atoms with Gasteiger partial charge in [-0.2, -0.15) is 4.98 Å². The zero-order valence-electron chi connectivity index (χ0n) is 13.2. The van der Waals surface area contributed by atoms with Crippen LogP contribution in [0.15, 0.2) is 5.16 Å². The van der Waals surface area contributed by atoms with E-state index in [4.69, 9.17) is 0 Å². The maximum atomic E-state index is 12.0. The molecule has 0 aliphatic rings. The summed E-state index contributed by atoms with van der Waals surface area (Å²) in [5.41, 5.74) is 3.11. The maximum Gasteiger partial charge on any atom is 0.253 e. The number of carbonyl (C=O) groups excluding carboxylic acids is 1. The second-order valence-electron chi connectivity index (χ2n) is 4.87. The van der Waals surface area contributed by atoms with Crippen molar-refractivity contribution in [3.63, 3.8) is 0 Å². The Hall–Kier alpha value is -1.63. The van der Waals surface area contributed by atoms with Crippen molar-refractivity contribution in [3.8, 4) is 0 Å². The molecule has 0 saturated heterocycles. The predicted molar refractivity (Wildman–Crippen MR) is 83.6 cm³/mol. The minimum atomic E-state index is 0.112. The van der Waals surface area contributed by atoms with Gasteiger partial charge in [0.05, 0.1) is 5.75 Å². The van der Waals surface area contributed by atoms with E-state index in [2.05, 4.69) is 15.1 Å². The first-order valence-corrected chi connectivity index (χ1v) is 8.07. The van der Waals surface area contributed by atoms with E-state index in [1.165, 1.54) is 11.8 Å². The van der Waals surface area contributed by atoms with Crippen molar-refractivity contribution in [2.75, 3.05) is 18.8 Å². The summed E-state index contributed by atoms with van der Waals surface area (Å²) in [7, 11) is 0. The number of hydrogen-bond acceptors (Lipinski definition) is 5. The van der Waals surface area contributed by atoms with Crippen molar-refractivity contribution in [3.05, 3.63) is 17.0 Å². The molecule has 2 aromatic rings. The molecule has 1 amide bonds. The summed E-state index contributed by atoms with van der Waals surface area (Å²) in [6.45, 7) is 11.4. The lowest BCUT2D eigenvalue weighted by Gasteiger charge is -2.17. The van der Waals surface area contributed by atoms with E-state index in [0.717, 1.165) is 30.0 Å². The molecule has 0 N–H and O–H groups in total. The molecular formula is C14H21N5OS. The number of amides is 1. The van der Waals surface area contributed by atoms with E-state index in [1.54, 1.807) is 9.42 Å². The normalized spacial score (nSPS) is 11.1. The highest BCUT2D eigenvalue weighted by Gasteiger charge is 2.14. The van der Waals surface area contributed by atoms with Gasteiger partial charge in [0.15, 0.2) is 0 Å². The van der Waals surface area contributed by atoms with Crippen molar-refractivity contribution >= 4 is 23.4 Å².